The van der Waals surface area contributed by atoms with Crippen molar-refractivity contribution in [3.63, 3.8) is 0 Å². The molecule has 0 aromatic carbocycles. The Morgan fingerprint density at radius 2 is 2.25 bits per heavy atom. The van der Waals surface area contributed by atoms with Crippen molar-refractivity contribution in [3.8, 4) is 5.75 Å². The van der Waals surface area contributed by atoms with Crippen LogP contribution in [0.15, 0.2) is 9.85 Å². The van der Waals surface area contributed by atoms with Crippen molar-refractivity contribution in [2.45, 2.75) is 25.7 Å². The Labute approximate surface area is 107 Å². The molecule has 1 aliphatic rings. The van der Waals surface area contributed by atoms with E-state index >= 15 is 0 Å². The maximum Gasteiger partial charge on any atom is 0.349 e. The summed E-state index contributed by atoms with van der Waals surface area (Å²) >= 11 is 4.51. The van der Waals surface area contributed by atoms with Crippen molar-refractivity contribution in [3.05, 3.63) is 14.7 Å². The number of halogens is 1. The molecule has 88 valence electrons. The number of ether oxygens (including phenoxy) is 1. The predicted octanol–water partition coefficient (Wildman–Crippen LogP) is 3.78. The summed E-state index contributed by atoms with van der Waals surface area (Å²) in [5.74, 6) is 0.162. The molecule has 0 aliphatic heterocycles. The van der Waals surface area contributed by atoms with Crippen LogP contribution in [0, 0.1) is 5.92 Å². The van der Waals surface area contributed by atoms with Gasteiger partial charge < -0.3 is 9.84 Å². The van der Waals surface area contributed by atoms with Crippen LogP contribution in [0.4, 0.5) is 0 Å². The number of carbonyl (C=O) groups is 1. The molecule has 0 radical (unpaired) electrons. The Morgan fingerprint density at radius 3 is 2.88 bits per heavy atom. The van der Waals surface area contributed by atoms with E-state index in [-0.39, 0.29) is 4.88 Å². The number of aromatic carboxylic acids is 1. The number of rotatable bonds is 4. The zero-order valence-corrected chi connectivity index (χ0v) is 11.1. The minimum Gasteiger partial charge on any atom is -0.490 e. The van der Waals surface area contributed by atoms with Crippen LogP contribution in [-0.2, 0) is 0 Å². The molecule has 1 aromatic heterocycles. The maximum absolute atomic E-state index is 10.9. The van der Waals surface area contributed by atoms with Gasteiger partial charge in [0.2, 0.25) is 0 Å². The van der Waals surface area contributed by atoms with Crippen molar-refractivity contribution < 1.29 is 14.6 Å². The fraction of sp³-hybridized carbons (Fsp3) is 0.545. The standard InChI is InChI=1S/C11H13BrO3S/c12-8-6-16-10(11(13)14)9(8)15-5-7-3-1-2-4-7/h6-7H,1-5H2,(H,13,14). The summed E-state index contributed by atoms with van der Waals surface area (Å²) in [4.78, 5) is 11.2. The zero-order valence-electron chi connectivity index (χ0n) is 8.74. The number of thiophene rings is 1. The molecule has 0 unspecified atom stereocenters. The van der Waals surface area contributed by atoms with Crippen molar-refractivity contribution in [2.75, 3.05) is 6.61 Å². The highest BCUT2D eigenvalue weighted by Gasteiger charge is 2.20. The normalized spacial score (nSPS) is 16.6. The number of hydrogen-bond acceptors (Lipinski definition) is 3. The molecule has 1 N–H and O–H groups in total. The van der Waals surface area contributed by atoms with Gasteiger partial charge in [-0.2, -0.15) is 0 Å². The van der Waals surface area contributed by atoms with E-state index < -0.39 is 5.97 Å². The summed E-state index contributed by atoms with van der Waals surface area (Å²) in [5.41, 5.74) is 0. The van der Waals surface area contributed by atoms with Gasteiger partial charge in [-0.25, -0.2) is 4.79 Å². The second-order valence-electron chi connectivity index (χ2n) is 4.01. The van der Waals surface area contributed by atoms with E-state index in [0.717, 1.165) is 4.47 Å². The van der Waals surface area contributed by atoms with Crippen LogP contribution in [0.1, 0.15) is 35.4 Å². The molecule has 0 bridgehead atoms. The van der Waals surface area contributed by atoms with Crippen LogP contribution in [0.25, 0.3) is 0 Å². The van der Waals surface area contributed by atoms with Crippen LogP contribution >= 0.6 is 27.3 Å². The summed E-state index contributed by atoms with van der Waals surface area (Å²) in [6, 6.07) is 0. The highest BCUT2D eigenvalue weighted by Crippen LogP contribution is 2.36. The average Bonchev–Trinajstić information content (AvgIpc) is 2.84. The Hall–Kier alpha value is -0.550. The van der Waals surface area contributed by atoms with Gasteiger partial charge in [0, 0.05) is 5.38 Å². The number of carboxylic acid groups (broad SMARTS) is 1. The van der Waals surface area contributed by atoms with Gasteiger partial charge in [0.05, 0.1) is 11.1 Å². The van der Waals surface area contributed by atoms with Crippen LogP contribution in [-0.4, -0.2) is 17.7 Å². The molecule has 1 heterocycles. The average molecular weight is 305 g/mol. The molecule has 2 rings (SSSR count). The van der Waals surface area contributed by atoms with Gasteiger partial charge in [-0.1, -0.05) is 12.8 Å². The Kier molecular flexibility index (Phi) is 3.86. The lowest BCUT2D eigenvalue weighted by molar-refractivity contribution is 0.0697. The van der Waals surface area contributed by atoms with Crippen molar-refractivity contribution in [1.29, 1.82) is 0 Å². The van der Waals surface area contributed by atoms with Gasteiger partial charge in [-0.15, -0.1) is 11.3 Å². The smallest absolute Gasteiger partial charge is 0.349 e. The van der Waals surface area contributed by atoms with E-state index in [1.807, 2.05) is 0 Å². The van der Waals surface area contributed by atoms with Crippen LogP contribution in [0.3, 0.4) is 0 Å². The summed E-state index contributed by atoms with van der Waals surface area (Å²) in [5, 5.41) is 10.7. The monoisotopic (exact) mass is 304 g/mol. The zero-order chi connectivity index (χ0) is 11.5. The third-order valence-electron chi connectivity index (χ3n) is 2.84. The van der Waals surface area contributed by atoms with Crippen LogP contribution in [0.2, 0.25) is 0 Å². The summed E-state index contributed by atoms with van der Waals surface area (Å²) in [6.07, 6.45) is 4.93. The van der Waals surface area contributed by atoms with Gasteiger partial charge in [0.25, 0.3) is 0 Å². The number of hydrogen-bond donors (Lipinski definition) is 1. The summed E-state index contributed by atoms with van der Waals surface area (Å²) in [7, 11) is 0. The minimum absolute atomic E-state index is 0.282. The maximum atomic E-state index is 10.9. The second-order valence-corrected chi connectivity index (χ2v) is 5.74. The van der Waals surface area contributed by atoms with Gasteiger partial charge in [0.1, 0.15) is 0 Å². The van der Waals surface area contributed by atoms with Gasteiger partial charge in [-0.05, 0) is 34.7 Å². The largest absolute Gasteiger partial charge is 0.490 e. The second kappa shape index (κ2) is 5.19. The summed E-state index contributed by atoms with van der Waals surface area (Å²) in [6.45, 7) is 0.635. The third kappa shape index (κ3) is 2.58. The fourth-order valence-electron chi connectivity index (χ4n) is 1.99. The topological polar surface area (TPSA) is 46.5 Å². The van der Waals surface area contributed by atoms with Crippen molar-refractivity contribution in [1.82, 2.24) is 0 Å². The van der Waals surface area contributed by atoms with Gasteiger partial charge in [-0.3, -0.25) is 0 Å². The highest BCUT2D eigenvalue weighted by atomic mass is 79.9. The van der Waals surface area contributed by atoms with Crippen molar-refractivity contribution in [2.24, 2.45) is 5.92 Å². The lowest BCUT2D eigenvalue weighted by Crippen LogP contribution is -2.09. The molecule has 0 saturated heterocycles. The first-order chi connectivity index (χ1) is 7.68. The molecule has 0 atom stereocenters. The molecule has 1 fully saturated rings. The lowest BCUT2D eigenvalue weighted by Gasteiger charge is -2.11. The van der Waals surface area contributed by atoms with E-state index in [2.05, 4.69) is 15.9 Å². The molecule has 0 amide bonds. The molecule has 1 aromatic rings. The fourth-order valence-corrected chi connectivity index (χ4v) is 3.42. The molecule has 3 nitrogen and oxygen atoms in total. The Balaban J connectivity index is 2.02. The molecular weight excluding hydrogens is 292 g/mol. The lowest BCUT2D eigenvalue weighted by atomic mass is 10.1. The number of carboxylic acids is 1. The first-order valence-corrected chi connectivity index (χ1v) is 6.99. The van der Waals surface area contributed by atoms with E-state index in [1.165, 1.54) is 37.0 Å². The van der Waals surface area contributed by atoms with Crippen molar-refractivity contribution >= 4 is 33.2 Å². The van der Waals surface area contributed by atoms with Gasteiger partial charge in [0.15, 0.2) is 10.6 Å². The molecular formula is C11H13BrO3S. The predicted molar refractivity (Wildman–Crippen MR) is 66.4 cm³/mol. The Bertz CT molecular complexity index is 383. The quantitative estimate of drug-likeness (QED) is 0.921. The summed E-state index contributed by atoms with van der Waals surface area (Å²) < 4.78 is 6.38. The van der Waals surface area contributed by atoms with Crippen LogP contribution < -0.4 is 4.74 Å². The molecule has 16 heavy (non-hydrogen) atoms. The first-order valence-electron chi connectivity index (χ1n) is 5.31. The van der Waals surface area contributed by atoms with Gasteiger partial charge >= 0.3 is 5.97 Å². The third-order valence-corrected chi connectivity index (χ3v) is 4.68. The minimum atomic E-state index is -0.919. The van der Waals surface area contributed by atoms with E-state index in [4.69, 9.17) is 9.84 Å². The first kappa shape index (κ1) is 11.9. The molecule has 0 spiro atoms. The SMILES string of the molecule is O=C(O)c1scc(Br)c1OCC1CCCC1. The van der Waals surface area contributed by atoms with E-state index in [1.54, 1.807) is 5.38 Å². The molecule has 5 heteroatoms. The molecule has 1 saturated carbocycles. The van der Waals surface area contributed by atoms with E-state index in [0.29, 0.717) is 18.3 Å². The Morgan fingerprint density at radius 1 is 1.56 bits per heavy atom. The molecule has 1 aliphatic carbocycles. The van der Waals surface area contributed by atoms with Crippen LogP contribution in [0.5, 0.6) is 5.75 Å². The highest BCUT2D eigenvalue weighted by molar-refractivity contribution is 9.10. The van der Waals surface area contributed by atoms with E-state index in [9.17, 15) is 4.79 Å².